The highest BCUT2D eigenvalue weighted by Crippen LogP contribution is 2.34. The van der Waals surface area contributed by atoms with E-state index in [0.717, 1.165) is 22.4 Å². The van der Waals surface area contributed by atoms with Crippen LogP contribution in [0.1, 0.15) is 18.7 Å². The highest BCUT2D eigenvalue weighted by Gasteiger charge is 2.34. The van der Waals surface area contributed by atoms with Gasteiger partial charge in [0.05, 0.1) is 29.1 Å². The zero-order chi connectivity index (χ0) is 21.7. The molecule has 0 aliphatic heterocycles. The van der Waals surface area contributed by atoms with Gasteiger partial charge in [0.25, 0.3) is 0 Å². The lowest BCUT2D eigenvalue weighted by atomic mass is 10.0. The summed E-state index contributed by atoms with van der Waals surface area (Å²) < 4.78 is 44.8. The number of aryl methyl sites for hydroxylation is 2. The number of hydrogen-bond acceptors (Lipinski definition) is 3. The molecule has 0 saturated heterocycles. The summed E-state index contributed by atoms with van der Waals surface area (Å²) in [7, 11) is 1.96. The Balaban J connectivity index is 1.50. The molecule has 2 atom stereocenters. The van der Waals surface area contributed by atoms with Crippen LogP contribution >= 0.6 is 0 Å². The van der Waals surface area contributed by atoms with Crippen molar-refractivity contribution in [1.82, 2.24) is 24.3 Å². The molecule has 1 aliphatic carbocycles. The minimum absolute atomic E-state index is 0.0994. The Morgan fingerprint density at radius 3 is 2.61 bits per heavy atom. The minimum atomic E-state index is -1.40. The van der Waals surface area contributed by atoms with Crippen LogP contribution in [0.2, 0.25) is 0 Å². The van der Waals surface area contributed by atoms with Crippen LogP contribution in [0.3, 0.4) is 0 Å². The van der Waals surface area contributed by atoms with Gasteiger partial charge in [-0.05, 0) is 43.9 Å². The maximum atomic E-state index is 14.1. The number of fused-ring (bicyclic) bond motifs is 1. The maximum absolute atomic E-state index is 14.1. The van der Waals surface area contributed by atoms with Crippen LogP contribution < -0.4 is 0 Å². The quantitative estimate of drug-likeness (QED) is 0.461. The van der Waals surface area contributed by atoms with Crippen molar-refractivity contribution in [3.8, 4) is 22.4 Å². The zero-order valence-corrected chi connectivity index (χ0v) is 17.3. The molecule has 0 amide bonds. The average molecular weight is 425 g/mol. The van der Waals surface area contributed by atoms with Crippen molar-refractivity contribution in [2.45, 2.75) is 38.7 Å². The van der Waals surface area contributed by atoms with Gasteiger partial charge in [-0.25, -0.2) is 18.2 Å². The monoisotopic (exact) mass is 425 g/mol. The van der Waals surface area contributed by atoms with E-state index in [1.807, 2.05) is 36.7 Å². The molecule has 0 spiro atoms. The summed E-state index contributed by atoms with van der Waals surface area (Å²) in [6.45, 7) is 2.37. The van der Waals surface area contributed by atoms with Gasteiger partial charge in [0.15, 0.2) is 0 Å². The smallest absolute Gasteiger partial charge is 0.142 e. The molecule has 160 valence electrons. The van der Waals surface area contributed by atoms with Gasteiger partial charge in [-0.3, -0.25) is 9.67 Å². The van der Waals surface area contributed by atoms with Gasteiger partial charge in [0.1, 0.15) is 24.0 Å². The van der Waals surface area contributed by atoms with E-state index < -0.39 is 18.2 Å². The van der Waals surface area contributed by atoms with Crippen LogP contribution in [0, 0.1) is 18.7 Å². The van der Waals surface area contributed by atoms with Gasteiger partial charge in [0, 0.05) is 36.5 Å². The van der Waals surface area contributed by atoms with Crippen LogP contribution in [0.25, 0.3) is 33.4 Å². The first-order valence-electron chi connectivity index (χ1n) is 10.3. The second kappa shape index (κ2) is 7.51. The normalized spacial score (nSPS) is 19.5. The molecule has 8 heteroatoms. The number of rotatable bonds is 4. The van der Waals surface area contributed by atoms with Gasteiger partial charge >= 0.3 is 0 Å². The van der Waals surface area contributed by atoms with Crippen LogP contribution in [-0.4, -0.2) is 36.7 Å². The van der Waals surface area contributed by atoms with Crippen molar-refractivity contribution in [1.29, 1.82) is 0 Å². The van der Waals surface area contributed by atoms with E-state index in [9.17, 15) is 13.2 Å². The number of nitrogens with zero attached hydrogens (tertiary/aromatic N) is 5. The summed E-state index contributed by atoms with van der Waals surface area (Å²) in [5.74, 6) is 0.355. The Hall–Kier alpha value is -3.16. The predicted octanol–water partition coefficient (Wildman–Crippen LogP) is 5.03. The fourth-order valence-corrected chi connectivity index (χ4v) is 4.40. The summed E-state index contributed by atoms with van der Waals surface area (Å²) >= 11 is 0. The molecule has 5 rings (SSSR count). The molecule has 0 bridgehead atoms. The fraction of sp³-hybridized carbons (Fsp3) is 0.348. The predicted molar refractivity (Wildman–Crippen MR) is 112 cm³/mol. The minimum Gasteiger partial charge on any atom is -0.331 e. The first kappa shape index (κ1) is 19.8. The van der Waals surface area contributed by atoms with Gasteiger partial charge in [-0.1, -0.05) is 6.07 Å². The van der Waals surface area contributed by atoms with E-state index in [1.165, 1.54) is 12.3 Å². The molecular formula is C23H22F3N5. The summed E-state index contributed by atoms with van der Waals surface area (Å²) in [4.78, 5) is 8.92. The molecule has 1 aromatic carbocycles. The van der Waals surface area contributed by atoms with E-state index in [2.05, 4.69) is 15.1 Å². The maximum Gasteiger partial charge on any atom is 0.142 e. The molecule has 3 heterocycles. The number of pyridine rings is 1. The molecule has 0 unspecified atom stereocenters. The lowest BCUT2D eigenvalue weighted by molar-refractivity contribution is 0.199. The SMILES string of the molecule is Cc1nc2cc(-c3ncc(F)cc3-c3cnn(CC4C[C@@H](F)[C@H](F)C4)c3)ccc2n1C. The third-order valence-electron chi connectivity index (χ3n) is 6.13. The van der Waals surface area contributed by atoms with Crippen molar-refractivity contribution in [2.75, 3.05) is 0 Å². The van der Waals surface area contributed by atoms with E-state index in [4.69, 9.17) is 0 Å². The highest BCUT2D eigenvalue weighted by atomic mass is 19.2. The lowest BCUT2D eigenvalue weighted by Crippen LogP contribution is -2.08. The Morgan fingerprint density at radius 1 is 1.06 bits per heavy atom. The van der Waals surface area contributed by atoms with Crippen LogP contribution in [-0.2, 0) is 13.6 Å². The first-order chi connectivity index (χ1) is 14.9. The molecule has 1 saturated carbocycles. The molecule has 1 aliphatic rings. The van der Waals surface area contributed by atoms with Crippen molar-refractivity contribution in [3.05, 3.63) is 54.5 Å². The van der Waals surface area contributed by atoms with Crippen LogP contribution in [0.4, 0.5) is 13.2 Å². The average Bonchev–Trinajstić information content (AvgIpc) is 3.41. The molecule has 4 aromatic rings. The molecule has 0 N–H and O–H groups in total. The standard InChI is InChI=1S/C23H22F3N5/c1-13-29-21-7-15(3-4-22(21)30(13)2)23-18(8-17(24)10-27-23)16-9-28-31(12-16)11-14-5-19(25)20(26)6-14/h3-4,7-10,12,14,19-20H,5-6,11H2,1-2H3/t19-,20-/m1/s1. The zero-order valence-electron chi connectivity index (χ0n) is 17.3. The largest absolute Gasteiger partial charge is 0.331 e. The fourth-order valence-electron chi connectivity index (χ4n) is 4.40. The Labute approximate surface area is 177 Å². The molecule has 5 nitrogen and oxygen atoms in total. The van der Waals surface area contributed by atoms with Gasteiger partial charge in [-0.15, -0.1) is 0 Å². The Bertz CT molecular complexity index is 1250. The Morgan fingerprint density at radius 2 is 1.84 bits per heavy atom. The topological polar surface area (TPSA) is 48.5 Å². The second-order valence-electron chi connectivity index (χ2n) is 8.29. The first-order valence-corrected chi connectivity index (χ1v) is 10.3. The van der Waals surface area contributed by atoms with Crippen LogP contribution in [0.15, 0.2) is 42.9 Å². The molecule has 1 fully saturated rings. The van der Waals surface area contributed by atoms with E-state index in [0.29, 0.717) is 23.4 Å². The number of hydrogen-bond donors (Lipinski definition) is 0. The van der Waals surface area contributed by atoms with Gasteiger partial charge in [0.2, 0.25) is 0 Å². The molecule has 0 radical (unpaired) electrons. The highest BCUT2D eigenvalue weighted by molar-refractivity contribution is 5.86. The van der Waals surface area contributed by atoms with E-state index >= 15 is 0 Å². The van der Waals surface area contributed by atoms with Crippen molar-refractivity contribution >= 4 is 11.0 Å². The summed E-state index contributed by atoms with van der Waals surface area (Å²) in [5, 5.41) is 4.34. The third-order valence-corrected chi connectivity index (χ3v) is 6.13. The second-order valence-corrected chi connectivity index (χ2v) is 8.29. The summed E-state index contributed by atoms with van der Waals surface area (Å²) in [6, 6.07) is 7.29. The molecule has 3 aromatic heterocycles. The Kier molecular flexibility index (Phi) is 4.79. The molecular weight excluding hydrogens is 403 g/mol. The summed E-state index contributed by atoms with van der Waals surface area (Å²) in [5.41, 5.74) is 4.60. The molecule has 31 heavy (non-hydrogen) atoms. The number of halogens is 3. The number of alkyl halides is 2. The van der Waals surface area contributed by atoms with Crippen molar-refractivity contribution in [3.63, 3.8) is 0 Å². The van der Waals surface area contributed by atoms with Gasteiger partial charge in [-0.2, -0.15) is 5.10 Å². The number of aromatic nitrogens is 5. The van der Waals surface area contributed by atoms with Crippen molar-refractivity contribution in [2.24, 2.45) is 13.0 Å². The summed E-state index contributed by atoms with van der Waals surface area (Å²) in [6.07, 6.45) is 2.21. The van der Waals surface area contributed by atoms with Gasteiger partial charge < -0.3 is 4.57 Å². The van der Waals surface area contributed by atoms with Crippen molar-refractivity contribution < 1.29 is 13.2 Å². The van der Waals surface area contributed by atoms with E-state index in [-0.39, 0.29) is 18.8 Å². The number of imidazole rings is 1. The number of benzene rings is 1. The lowest BCUT2D eigenvalue weighted by Gasteiger charge is -2.09. The van der Waals surface area contributed by atoms with E-state index in [1.54, 1.807) is 17.1 Å². The third kappa shape index (κ3) is 3.60. The van der Waals surface area contributed by atoms with Crippen LogP contribution in [0.5, 0.6) is 0 Å².